The van der Waals surface area contributed by atoms with Gasteiger partial charge in [0.1, 0.15) is 10.8 Å². The molecule has 0 bridgehead atoms. The number of aromatic nitrogens is 1. The molecule has 0 saturated carbocycles. The third kappa shape index (κ3) is 4.58. The van der Waals surface area contributed by atoms with Crippen LogP contribution in [0.2, 0.25) is 10.0 Å². The summed E-state index contributed by atoms with van der Waals surface area (Å²) < 4.78 is 10.8. The summed E-state index contributed by atoms with van der Waals surface area (Å²) in [5.74, 6) is 0.993. The zero-order valence-corrected chi connectivity index (χ0v) is 13.1. The molecule has 0 unspecified atom stereocenters. The lowest BCUT2D eigenvalue weighted by atomic mass is 10.2. The zero-order valence-electron chi connectivity index (χ0n) is 11.6. The van der Waals surface area contributed by atoms with E-state index >= 15 is 0 Å². The summed E-state index contributed by atoms with van der Waals surface area (Å²) in [6.45, 7) is 2.03. The maximum atomic E-state index is 6.12. The highest BCUT2D eigenvalue weighted by Crippen LogP contribution is 2.34. The fourth-order valence-corrected chi connectivity index (χ4v) is 2.05. The van der Waals surface area contributed by atoms with Crippen molar-refractivity contribution in [1.82, 2.24) is 10.3 Å². The molecule has 1 heterocycles. The minimum Gasteiger partial charge on any atom is -0.437 e. The number of hydrogen-bond donors (Lipinski definition) is 1. The predicted molar refractivity (Wildman–Crippen MR) is 84.4 cm³/mol. The van der Waals surface area contributed by atoms with Crippen molar-refractivity contribution in [3.05, 3.63) is 52.1 Å². The Bertz CT molecular complexity index is 594. The van der Waals surface area contributed by atoms with Gasteiger partial charge in [-0.15, -0.1) is 0 Å². The summed E-state index contributed by atoms with van der Waals surface area (Å²) in [5.41, 5.74) is 0.935. The van der Waals surface area contributed by atoms with Gasteiger partial charge in [0.15, 0.2) is 0 Å². The molecule has 0 aliphatic carbocycles. The Morgan fingerprint density at radius 1 is 1.19 bits per heavy atom. The molecule has 0 fully saturated rings. The molecule has 1 N–H and O–H groups in total. The molecule has 0 aliphatic heterocycles. The number of hydrogen-bond acceptors (Lipinski definition) is 4. The molecule has 1 aromatic heterocycles. The van der Waals surface area contributed by atoms with Crippen LogP contribution in [0.15, 0.2) is 36.5 Å². The molecule has 1 aromatic carbocycles. The minimum atomic E-state index is 0.378. The Kier molecular flexibility index (Phi) is 6.26. The van der Waals surface area contributed by atoms with Crippen LogP contribution < -0.4 is 10.1 Å². The molecular weight excluding hydrogens is 311 g/mol. The third-order valence-electron chi connectivity index (χ3n) is 2.77. The standard InChI is InChI=1S/C15H16Cl2N2O2/c1-20-9-8-18-10-11-4-3-7-19-15(11)21-13-6-2-5-12(16)14(13)17/h2-7,18H,8-10H2,1H3. The van der Waals surface area contributed by atoms with Crippen LogP contribution in [0, 0.1) is 0 Å². The number of nitrogens with one attached hydrogen (secondary N) is 1. The molecule has 21 heavy (non-hydrogen) atoms. The van der Waals surface area contributed by atoms with E-state index in [0.29, 0.717) is 34.8 Å². The smallest absolute Gasteiger partial charge is 0.223 e. The van der Waals surface area contributed by atoms with Gasteiger partial charge in [0.2, 0.25) is 5.88 Å². The Morgan fingerprint density at radius 3 is 2.86 bits per heavy atom. The quantitative estimate of drug-likeness (QED) is 0.783. The minimum absolute atomic E-state index is 0.378. The third-order valence-corrected chi connectivity index (χ3v) is 3.57. The second-order valence-electron chi connectivity index (χ2n) is 4.29. The fourth-order valence-electron chi connectivity index (χ4n) is 1.71. The molecule has 0 aliphatic rings. The lowest BCUT2D eigenvalue weighted by molar-refractivity contribution is 0.199. The molecule has 0 atom stereocenters. The molecule has 6 heteroatoms. The lowest BCUT2D eigenvalue weighted by Gasteiger charge is -2.12. The first-order chi connectivity index (χ1) is 10.2. The molecule has 2 aromatic rings. The summed E-state index contributed by atoms with van der Waals surface area (Å²) in [6.07, 6.45) is 1.67. The van der Waals surface area contributed by atoms with Crippen molar-refractivity contribution in [1.29, 1.82) is 0 Å². The summed E-state index contributed by atoms with van der Waals surface area (Å²) in [6, 6.07) is 9.05. The summed E-state index contributed by atoms with van der Waals surface area (Å²) in [5, 5.41) is 4.08. The number of methoxy groups -OCH3 is 1. The average molecular weight is 327 g/mol. The summed E-state index contributed by atoms with van der Waals surface area (Å²) >= 11 is 12.1. The van der Waals surface area contributed by atoms with Crippen LogP contribution in [-0.2, 0) is 11.3 Å². The van der Waals surface area contributed by atoms with Crippen molar-refractivity contribution in [3.8, 4) is 11.6 Å². The van der Waals surface area contributed by atoms with Crippen molar-refractivity contribution in [2.75, 3.05) is 20.3 Å². The van der Waals surface area contributed by atoms with E-state index in [4.69, 9.17) is 32.7 Å². The predicted octanol–water partition coefficient (Wildman–Crippen LogP) is 3.92. The molecule has 0 spiro atoms. The van der Waals surface area contributed by atoms with Crippen LogP contribution in [0.5, 0.6) is 11.6 Å². The van der Waals surface area contributed by atoms with E-state index in [2.05, 4.69) is 10.3 Å². The van der Waals surface area contributed by atoms with Crippen LogP contribution in [0.25, 0.3) is 0 Å². The van der Waals surface area contributed by atoms with Crippen LogP contribution >= 0.6 is 23.2 Å². The van der Waals surface area contributed by atoms with Crippen molar-refractivity contribution < 1.29 is 9.47 Å². The van der Waals surface area contributed by atoms with Gasteiger partial charge in [-0.2, -0.15) is 0 Å². The van der Waals surface area contributed by atoms with E-state index in [0.717, 1.165) is 12.1 Å². The topological polar surface area (TPSA) is 43.4 Å². The first-order valence-corrected chi connectivity index (χ1v) is 7.23. The Balaban J connectivity index is 2.11. The van der Waals surface area contributed by atoms with E-state index in [1.165, 1.54) is 0 Å². The van der Waals surface area contributed by atoms with Gasteiger partial charge in [0, 0.05) is 32.0 Å². The molecule has 0 radical (unpaired) electrons. The van der Waals surface area contributed by atoms with Crippen LogP contribution in [-0.4, -0.2) is 25.2 Å². The van der Waals surface area contributed by atoms with E-state index in [-0.39, 0.29) is 0 Å². The van der Waals surface area contributed by atoms with Gasteiger partial charge in [-0.05, 0) is 18.2 Å². The van der Waals surface area contributed by atoms with Crippen molar-refractivity contribution in [3.63, 3.8) is 0 Å². The molecule has 4 nitrogen and oxygen atoms in total. The number of pyridine rings is 1. The number of rotatable bonds is 7. The normalized spacial score (nSPS) is 10.6. The number of nitrogens with zero attached hydrogens (tertiary/aromatic N) is 1. The van der Waals surface area contributed by atoms with Gasteiger partial charge in [-0.25, -0.2) is 4.98 Å². The first kappa shape index (κ1) is 16.0. The van der Waals surface area contributed by atoms with E-state index < -0.39 is 0 Å². The highest BCUT2D eigenvalue weighted by Gasteiger charge is 2.10. The Hall–Kier alpha value is -1.33. The second kappa shape index (κ2) is 8.20. The van der Waals surface area contributed by atoms with Gasteiger partial charge in [-0.1, -0.05) is 35.3 Å². The fraction of sp³-hybridized carbons (Fsp3) is 0.267. The molecule has 112 valence electrons. The molecule has 0 saturated heterocycles. The number of benzene rings is 1. The van der Waals surface area contributed by atoms with E-state index in [9.17, 15) is 0 Å². The maximum Gasteiger partial charge on any atom is 0.223 e. The van der Waals surface area contributed by atoms with E-state index in [1.807, 2.05) is 12.1 Å². The highest BCUT2D eigenvalue weighted by molar-refractivity contribution is 6.42. The molecule has 0 amide bonds. The van der Waals surface area contributed by atoms with Crippen molar-refractivity contribution in [2.24, 2.45) is 0 Å². The summed E-state index contributed by atoms with van der Waals surface area (Å²) in [7, 11) is 1.67. The monoisotopic (exact) mass is 326 g/mol. The highest BCUT2D eigenvalue weighted by atomic mass is 35.5. The largest absolute Gasteiger partial charge is 0.437 e. The van der Waals surface area contributed by atoms with Gasteiger partial charge in [0.05, 0.1) is 11.6 Å². The van der Waals surface area contributed by atoms with Gasteiger partial charge in [0.25, 0.3) is 0 Å². The SMILES string of the molecule is COCCNCc1cccnc1Oc1cccc(Cl)c1Cl. The van der Waals surface area contributed by atoms with E-state index in [1.54, 1.807) is 31.5 Å². The maximum absolute atomic E-state index is 6.12. The second-order valence-corrected chi connectivity index (χ2v) is 5.08. The lowest BCUT2D eigenvalue weighted by Crippen LogP contribution is -2.19. The molecule has 2 rings (SSSR count). The first-order valence-electron chi connectivity index (χ1n) is 6.47. The van der Waals surface area contributed by atoms with Crippen LogP contribution in [0.4, 0.5) is 0 Å². The van der Waals surface area contributed by atoms with Crippen molar-refractivity contribution >= 4 is 23.2 Å². The van der Waals surface area contributed by atoms with Crippen LogP contribution in [0.3, 0.4) is 0 Å². The zero-order chi connectivity index (χ0) is 15.1. The Morgan fingerprint density at radius 2 is 2.05 bits per heavy atom. The van der Waals surface area contributed by atoms with Gasteiger partial charge in [-0.3, -0.25) is 0 Å². The van der Waals surface area contributed by atoms with Crippen molar-refractivity contribution in [2.45, 2.75) is 6.54 Å². The van der Waals surface area contributed by atoms with Gasteiger partial charge < -0.3 is 14.8 Å². The van der Waals surface area contributed by atoms with Crippen LogP contribution in [0.1, 0.15) is 5.56 Å². The number of halogens is 2. The average Bonchev–Trinajstić information content (AvgIpc) is 2.50. The summed E-state index contributed by atoms with van der Waals surface area (Å²) in [4.78, 5) is 4.25. The Labute approximate surface area is 134 Å². The number of ether oxygens (including phenoxy) is 2. The van der Waals surface area contributed by atoms with Gasteiger partial charge >= 0.3 is 0 Å². The molecular formula is C15H16Cl2N2O2.